The Bertz CT molecular complexity index is 938. The number of para-hydroxylation sites is 2. The lowest BCUT2D eigenvalue weighted by molar-refractivity contribution is -0.141. The molecule has 0 aliphatic carbocycles. The number of fused-ring (bicyclic) bond motifs is 1. The van der Waals surface area contributed by atoms with E-state index in [-0.39, 0.29) is 5.03 Å². The van der Waals surface area contributed by atoms with Gasteiger partial charge in [-0.2, -0.15) is 0 Å². The lowest BCUT2D eigenvalue weighted by Crippen LogP contribution is -2.31. The van der Waals surface area contributed by atoms with Crippen LogP contribution in [0.25, 0.3) is 11.0 Å². The number of nitrogens with zero attached hydrogens (tertiary/aromatic N) is 2. The lowest BCUT2D eigenvalue weighted by Gasteiger charge is -2.10. The van der Waals surface area contributed by atoms with Crippen LogP contribution in [0.1, 0.15) is 6.92 Å². The fraction of sp³-hybridized carbons (Fsp3) is 0.0625. The zero-order valence-corrected chi connectivity index (χ0v) is 13.6. The Kier molecular flexibility index (Phi) is 4.36. The molecular formula is C16H11ClN2O3S. The number of carbonyl (C=O) groups excluding carboxylic acids is 1. The van der Waals surface area contributed by atoms with Gasteiger partial charge in [0.2, 0.25) is 0 Å². The third kappa shape index (κ3) is 3.38. The van der Waals surface area contributed by atoms with E-state index < -0.39 is 11.5 Å². The predicted molar refractivity (Wildman–Crippen MR) is 88.8 cm³/mol. The first kappa shape index (κ1) is 15.6. The van der Waals surface area contributed by atoms with E-state index in [0.29, 0.717) is 16.1 Å². The van der Waals surface area contributed by atoms with Crippen molar-refractivity contribution < 1.29 is 9.63 Å². The summed E-state index contributed by atoms with van der Waals surface area (Å²) in [5.74, 6) is -0.578. The van der Waals surface area contributed by atoms with E-state index in [4.69, 9.17) is 16.4 Å². The highest BCUT2D eigenvalue weighted by Crippen LogP contribution is 2.26. The highest BCUT2D eigenvalue weighted by Gasteiger charge is 2.14. The van der Waals surface area contributed by atoms with E-state index in [9.17, 15) is 9.59 Å². The number of halogens is 1. The normalized spacial score (nSPS) is 10.7. The van der Waals surface area contributed by atoms with Crippen LogP contribution in [-0.4, -0.2) is 15.7 Å². The molecule has 0 aliphatic heterocycles. The molecule has 0 unspecified atom stereocenters. The highest BCUT2D eigenvalue weighted by molar-refractivity contribution is 7.99. The van der Waals surface area contributed by atoms with Gasteiger partial charge in [0.05, 0.1) is 5.52 Å². The summed E-state index contributed by atoms with van der Waals surface area (Å²) >= 11 is 7.04. The summed E-state index contributed by atoms with van der Waals surface area (Å²) in [5, 5.41) is 0.824. The molecule has 1 heterocycles. The van der Waals surface area contributed by atoms with Gasteiger partial charge in [-0.15, -0.1) is 4.73 Å². The molecule has 0 radical (unpaired) electrons. The minimum atomic E-state index is -0.578. The molecule has 0 fully saturated rings. The summed E-state index contributed by atoms with van der Waals surface area (Å²) in [6.45, 7) is 1.24. The second-order valence-corrected chi connectivity index (χ2v) is 6.14. The minimum Gasteiger partial charge on any atom is -0.333 e. The fourth-order valence-corrected chi connectivity index (χ4v) is 2.92. The van der Waals surface area contributed by atoms with Crippen molar-refractivity contribution in [3.8, 4) is 0 Å². The molecule has 3 aromatic rings. The van der Waals surface area contributed by atoms with E-state index in [0.717, 1.165) is 9.63 Å². The van der Waals surface area contributed by atoms with Crippen molar-refractivity contribution in [2.45, 2.75) is 16.8 Å². The Morgan fingerprint density at radius 1 is 1.17 bits per heavy atom. The molecule has 5 nitrogen and oxygen atoms in total. The van der Waals surface area contributed by atoms with Gasteiger partial charge in [0.25, 0.3) is 0 Å². The average molecular weight is 347 g/mol. The number of aromatic nitrogens is 2. The summed E-state index contributed by atoms with van der Waals surface area (Å²) < 4.78 is 0.975. The standard InChI is InChI=1S/C16H11ClN2O3S/c1-10(20)22-19-14-5-3-2-4-13(14)18-15(16(19)21)23-12-8-6-11(17)7-9-12/h2-9H,1H3. The molecule has 0 saturated carbocycles. The lowest BCUT2D eigenvalue weighted by atomic mass is 10.3. The van der Waals surface area contributed by atoms with Crippen LogP contribution < -0.4 is 10.4 Å². The number of benzene rings is 2. The fourth-order valence-electron chi connectivity index (χ4n) is 1.98. The first-order chi connectivity index (χ1) is 11.0. The molecule has 0 amide bonds. The van der Waals surface area contributed by atoms with Crippen molar-refractivity contribution in [3.63, 3.8) is 0 Å². The van der Waals surface area contributed by atoms with Crippen LogP contribution in [0.5, 0.6) is 0 Å². The molecule has 0 atom stereocenters. The Morgan fingerprint density at radius 2 is 1.87 bits per heavy atom. The Labute approximate surface area is 140 Å². The van der Waals surface area contributed by atoms with Crippen LogP contribution in [0.15, 0.2) is 63.2 Å². The summed E-state index contributed by atoms with van der Waals surface area (Å²) in [5.41, 5.74) is 0.511. The van der Waals surface area contributed by atoms with Crippen molar-refractivity contribution >= 4 is 40.4 Å². The Morgan fingerprint density at radius 3 is 2.57 bits per heavy atom. The van der Waals surface area contributed by atoms with Gasteiger partial charge in [-0.3, -0.25) is 4.79 Å². The van der Waals surface area contributed by atoms with Crippen LogP contribution >= 0.6 is 23.4 Å². The third-order valence-electron chi connectivity index (χ3n) is 2.94. The molecule has 3 rings (SSSR count). The summed E-state index contributed by atoms with van der Waals surface area (Å²) in [7, 11) is 0. The summed E-state index contributed by atoms with van der Waals surface area (Å²) in [4.78, 5) is 34.1. The first-order valence-corrected chi connectivity index (χ1v) is 7.88. The van der Waals surface area contributed by atoms with E-state index in [1.54, 1.807) is 48.5 Å². The molecule has 23 heavy (non-hydrogen) atoms. The van der Waals surface area contributed by atoms with Gasteiger partial charge in [0.15, 0.2) is 5.03 Å². The van der Waals surface area contributed by atoms with Crippen LogP contribution in [-0.2, 0) is 4.79 Å². The van der Waals surface area contributed by atoms with Gasteiger partial charge in [0.1, 0.15) is 5.52 Å². The zero-order valence-electron chi connectivity index (χ0n) is 12.0. The molecule has 0 N–H and O–H groups in total. The maximum absolute atomic E-state index is 12.6. The van der Waals surface area contributed by atoms with Crippen molar-refractivity contribution in [2.75, 3.05) is 0 Å². The quantitative estimate of drug-likeness (QED) is 0.729. The molecule has 0 spiro atoms. The number of rotatable bonds is 3. The Balaban J connectivity index is 2.13. The monoisotopic (exact) mass is 346 g/mol. The molecule has 7 heteroatoms. The molecule has 0 aliphatic rings. The molecule has 0 bridgehead atoms. The molecule has 2 aromatic carbocycles. The SMILES string of the molecule is CC(=O)On1c(=O)c(Sc2ccc(Cl)cc2)nc2ccccc21. The van der Waals surface area contributed by atoms with Crippen molar-refractivity contribution in [1.29, 1.82) is 0 Å². The van der Waals surface area contributed by atoms with Crippen LogP contribution in [0.4, 0.5) is 0 Å². The maximum atomic E-state index is 12.6. The van der Waals surface area contributed by atoms with E-state index in [1.807, 2.05) is 0 Å². The van der Waals surface area contributed by atoms with Gasteiger partial charge in [0, 0.05) is 16.8 Å². The smallest absolute Gasteiger partial charge is 0.330 e. The maximum Gasteiger partial charge on any atom is 0.330 e. The van der Waals surface area contributed by atoms with Gasteiger partial charge in [-0.25, -0.2) is 9.78 Å². The molecule has 0 saturated heterocycles. The number of hydrogen-bond donors (Lipinski definition) is 0. The van der Waals surface area contributed by atoms with Crippen molar-refractivity contribution in [1.82, 2.24) is 9.71 Å². The van der Waals surface area contributed by atoms with Crippen LogP contribution in [0.2, 0.25) is 5.02 Å². The molecule has 1 aromatic heterocycles. The average Bonchev–Trinajstić information content (AvgIpc) is 2.53. The summed E-state index contributed by atoms with van der Waals surface area (Å²) in [6.07, 6.45) is 0. The first-order valence-electron chi connectivity index (χ1n) is 6.69. The zero-order chi connectivity index (χ0) is 16.4. The Hall–Kier alpha value is -2.31. The van der Waals surface area contributed by atoms with Gasteiger partial charge >= 0.3 is 11.5 Å². The molecule has 116 valence electrons. The second kappa shape index (κ2) is 6.44. The van der Waals surface area contributed by atoms with Crippen molar-refractivity contribution in [2.24, 2.45) is 0 Å². The topological polar surface area (TPSA) is 61.2 Å². The van der Waals surface area contributed by atoms with E-state index in [2.05, 4.69) is 4.98 Å². The molecular weight excluding hydrogens is 336 g/mol. The summed E-state index contributed by atoms with van der Waals surface area (Å²) in [6, 6.07) is 14.0. The van der Waals surface area contributed by atoms with Gasteiger partial charge < -0.3 is 4.84 Å². The number of carbonyl (C=O) groups is 1. The van der Waals surface area contributed by atoms with Crippen LogP contribution in [0.3, 0.4) is 0 Å². The van der Waals surface area contributed by atoms with Crippen molar-refractivity contribution in [3.05, 3.63) is 63.9 Å². The van der Waals surface area contributed by atoms with E-state index in [1.165, 1.54) is 18.7 Å². The largest absolute Gasteiger partial charge is 0.333 e. The van der Waals surface area contributed by atoms with Gasteiger partial charge in [-0.05, 0) is 36.4 Å². The third-order valence-corrected chi connectivity index (χ3v) is 4.16. The highest BCUT2D eigenvalue weighted by atomic mass is 35.5. The van der Waals surface area contributed by atoms with E-state index >= 15 is 0 Å². The minimum absolute atomic E-state index is 0.215. The van der Waals surface area contributed by atoms with Crippen LogP contribution in [0, 0.1) is 0 Å². The number of hydrogen-bond acceptors (Lipinski definition) is 5. The van der Waals surface area contributed by atoms with Gasteiger partial charge in [-0.1, -0.05) is 35.5 Å². The second-order valence-electron chi connectivity index (χ2n) is 4.64. The predicted octanol–water partition coefficient (Wildman–Crippen LogP) is 3.18.